The van der Waals surface area contributed by atoms with Crippen molar-refractivity contribution in [2.75, 3.05) is 67.7 Å². The number of hydrogen-bond donors (Lipinski definition) is 1. The molecule has 142 valence electrons. The molecule has 0 radical (unpaired) electrons. The number of ether oxygens (including phenoxy) is 2. The highest BCUT2D eigenvalue weighted by Crippen LogP contribution is 2.20. The molecule has 8 nitrogen and oxygen atoms in total. The van der Waals surface area contributed by atoms with Crippen LogP contribution in [-0.4, -0.2) is 68.5 Å². The van der Waals surface area contributed by atoms with E-state index in [1.807, 2.05) is 24.3 Å². The molecule has 1 aromatic carbocycles. The molecule has 2 aromatic rings. The van der Waals surface area contributed by atoms with Gasteiger partial charge in [0.15, 0.2) is 0 Å². The van der Waals surface area contributed by atoms with Crippen LogP contribution in [0, 0.1) is 0 Å². The van der Waals surface area contributed by atoms with Crippen LogP contribution >= 0.6 is 0 Å². The lowest BCUT2D eigenvalue weighted by molar-refractivity contribution is 0.102. The molecular formula is C19H23N5O3. The van der Waals surface area contributed by atoms with Gasteiger partial charge in [-0.1, -0.05) is 0 Å². The molecule has 0 atom stereocenters. The summed E-state index contributed by atoms with van der Waals surface area (Å²) in [5.74, 6) is 0.507. The first-order valence-corrected chi connectivity index (χ1v) is 9.18. The topological polar surface area (TPSA) is 79.8 Å². The lowest BCUT2D eigenvalue weighted by Crippen LogP contribution is -2.37. The van der Waals surface area contributed by atoms with E-state index in [-0.39, 0.29) is 5.91 Å². The molecule has 27 heavy (non-hydrogen) atoms. The summed E-state index contributed by atoms with van der Waals surface area (Å²) in [6.07, 6.45) is 1.43. The van der Waals surface area contributed by atoms with Gasteiger partial charge in [-0.05, 0) is 24.3 Å². The van der Waals surface area contributed by atoms with Gasteiger partial charge in [0.1, 0.15) is 17.8 Å². The maximum Gasteiger partial charge on any atom is 0.274 e. The Morgan fingerprint density at radius 2 is 1.52 bits per heavy atom. The van der Waals surface area contributed by atoms with Crippen LogP contribution in [0.5, 0.6) is 0 Å². The first-order chi connectivity index (χ1) is 13.3. The molecular weight excluding hydrogens is 346 g/mol. The number of nitrogens with one attached hydrogen (secondary N) is 1. The summed E-state index contributed by atoms with van der Waals surface area (Å²) in [5.41, 5.74) is 2.22. The van der Waals surface area contributed by atoms with Gasteiger partial charge in [0.25, 0.3) is 5.91 Å². The molecule has 2 fully saturated rings. The standard InChI is InChI=1S/C19H23N5O3/c25-19(17-13-18(21-14-20-17)24-7-11-27-12-8-24)22-15-1-3-16(4-2-15)23-5-9-26-10-6-23/h1-4,13-14H,5-12H2,(H,22,25). The van der Waals surface area contributed by atoms with E-state index in [4.69, 9.17) is 9.47 Å². The Kier molecular flexibility index (Phi) is 5.45. The molecule has 2 aliphatic heterocycles. The average Bonchev–Trinajstić information content (AvgIpc) is 2.75. The Morgan fingerprint density at radius 3 is 2.19 bits per heavy atom. The second kappa shape index (κ2) is 8.32. The Morgan fingerprint density at radius 1 is 0.889 bits per heavy atom. The fourth-order valence-corrected chi connectivity index (χ4v) is 3.21. The van der Waals surface area contributed by atoms with Gasteiger partial charge in [-0.2, -0.15) is 0 Å². The maximum absolute atomic E-state index is 12.6. The number of amides is 1. The van der Waals surface area contributed by atoms with E-state index in [1.54, 1.807) is 6.07 Å². The molecule has 4 rings (SSSR count). The van der Waals surface area contributed by atoms with Gasteiger partial charge in [0.05, 0.1) is 26.4 Å². The second-order valence-corrected chi connectivity index (χ2v) is 6.46. The Labute approximate surface area is 158 Å². The van der Waals surface area contributed by atoms with E-state index in [0.29, 0.717) is 18.9 Å². The van der Waals surface area contributed by atoms with Crippen LogP contribution in [0.1, 0.15) is 10.5 Å². The molecule has 0 aliphatic carbocycles. The Hall–Kier alpha value is -2.71. The highest BCUT2D eigenvalue weighted by Gasteiger charge is 2.16. The Balaban J connectivity index is 1.41. The number of nitrogens with zero attached hydrogens (tertiary/aromatic N) is 4. The third kappa shape index (κ3) is 4.35. The third-order valence-electron chi connectivity index (χ3n) is 4.72. The quantitative estimate of drug-likeness (QED) is 0.873. The largest absolute Gasteiger partial charge is 0.378 e. The van der Waals surface area contributed by atoms with Gasteiger partial charge in [0.2, 0.25) is 0 Å². The highest BCUT2D eigenvalue weighted by molar-refractivity contribution is 6.03. The number of benzene rings is 1. The summed E-state index contributed by atoms with van der Waals surface area (Å²) in [5, 5.41) is 2.90. The molecule has 8 heteroatoms. The van der Waals surface area contributed by atoms with Crippen LogP contribution in [0.15, 0.2) is 36.7 Å². The zero-order valence-corrected chi connectivity index (χ0v) is 15.1. The predicted molar refractivity (Wildman–Crippen MR) is 102 cm³/mol. The highest BCUT2D eigenvalue weighted by atomic mass is 16.5. The van der Waals surface area contributed by atoms with Crippen LogP contribution in [0.3, 0.4) is 0 Å². The minimum absolute atomic E-state index is 0.244. The normalized spacial score (nSPS) is 17.6. The number of rotatable bonds is 4. The van der Waals surface area contributed by atoms with Crippen molar-refractivity contribution in [2.45, 2.75) is 0 Å². The average molecular weight is 369 g/mol. The van der Waals surface area contributed by atoms with Gasteiger partial charge in [-0.25, -0.2) is 9.97 Å². The first kappa shape index (κ1) is 17.7. The van der Waals surface area contributed by atoms with Crippen molar-refractivity contribution in [1.82, 2.24) is 9.97 Å². The van der Waals surface area contributed by atoms with Crippen molar-refractivity contribution in [3.05, 3.63) is 42.4 Å². The smallest absolute Gasteiger partial charge is 0.274 e. The Bertz CT molecular complexity index is 771. The lowest BCUT2D eigenvalue weighted by Gasteiger charge is -2.28. The van der Waals surface area contributed by atoms with Gasteiger partial charge in [-0.3, -0.25) is 4.79 Å². The minimum atomic E-state index is -0.244. The van der Waals surface area contributed by atoms with Crippen LogP contribution in [0.2, 0.25) is 0 Å². The van der Waals surface area contributed by atoms with E-state index in [0.717, 1.165) is 56.6 Å². The summed E-state index contributed by atoms with van der Waals surface area (Å²) in [6, 6.07) is 9.57. The van der Waals surface area contributed by atoms with Crippen LogP contribution in [0.25, 0.3) is 0 Å². The molecule has 1 amide bonds. The number of anilines is 3. The summed E-state index contributed by atoms with van der Waals surface area (Å²) in [4.78, 5) is 25.3. The molecule has 1 N–H and O–H groups in total. The predicted octanol–water partition coefficient (Wildman–Crippen LogP) is 1.40. The lowest BCUT2D eigenvalue weighted by atomic mass is 10.2. The van der Waals surface area contributed by atoms with E-state index in [2.05, 4.69) is 25.1 Å². The summed E-state index contributed by atoms with van der Waals surface area (Å²) >= 11 is 0. The SMILES string of the molecule is O=C(Nc1ccc(N2CCOCC2)cc1)c1cc(N2CCOCC2)ncn1. The molecule has 3 heterocycles. The van der Waals surface area contributed by atoms with Crippen molar-refractivity contribution >= 4 is 23.1 Å². The van der Waals surface area contributed by atoms with Crippen molar-refractivity contribution < 1.29 is 14.3 Å². The van der Waals surface area contributed by atoms with Crippen molar-refractivity contribution in [3.63, 3.8) is 0 Å². The van der Waals surface area contributed by atoms with E-state index in [9.17, 15) is 4.79 Å². The number of aromatic nitrogens is 2. The number of carbonyl (C=O) groups is 1. The van der Waals surface area contributed by atoms with E-state index >= 15 is 0 Å². The maximum atomic E-state index is 12.6. The second-order valence-electron chi connectivity index (χ2n) is 6.46. The number of carbonyl (C=O) groups excluding carboxylic acids is 1. The van der Waals surface area contributed by atoms with Crippen molar-refractivity contribution in [1.29, 1.82) is 0 Å². The summed E-state index contributed by atoms with van der Waals surface area (Å²) < 4.78 is 10.7. The van der Waals surface area contributed by atoms with Gasteiger partial charge < -0.3 is 24.6 Å². The fourth-order valence-electron chi connectivity index (χ4n) is 3.21. The van der Waals surface area contributed by atoms with Crippen molar-refractivity contribution in [2.24, 2.45) is 0 Å². The van der Waals surface area contributed by atoms with Gasteiger partial charge in [0, 0.05) is 43.6 Å². The molecule has 1 aromatic heterocycles. The molecule has 2 aliphatic rings. The first-order valence-electron chi connectivity index (χ1n) is 9.18. The molecule has 0 saturated carbocycles. The van der Waals surface area contributed by atoms with E-state index in [1.165, 1.54) is 6.33 Å². The third-order valence-corrected chi connectivity index (χ3v) is 4.72. The number of hydrogen-bond acceptors (Lipinski definition) is 7. The summed E-state index contributed by atoms with van der Waals surface area (Å²) in [7, 11) is 0. The van der Waals surface area contributed by atoms with Crippen molar-refractivity contribution in [3.8, 4) is 0 Å². The van der Waals surface area contributed by atoms with Gasteiger partial charge >= 0.3 is 0 Å². The van der Waals surface area contributed by atoms with Crippen LogP contribution in [-0.2, 0) is 9.47 Å². The zero-order valence-electron chi connectivity index (χ0n) is 15.1. The molecule has 0 spiro atoms. The molecule has 2 saturated heterocycles. The van der Waals surface area contributed by atoms with E-state index < -0.39 is 0 Å². The number of morpholine rings is 2. The van der Waals surface area contributed by atoms with Crippen LogP contribution < -0.4 is 15.1 Å². The monoisotopic (exact) mass is 369 g/mol. The fraction of sp³-hybridized carbons (Fsp3) is 0.421. The minimum Gasteiger partial charge on any atom is -0.378 e. The van der Waals surface area contributed by atoms with Gasteiger partial charge in [-0.15, -0.1) is 0 Å². The summed E-state index contributed by atoms with van der Waals surface area (Å²) in [6.45, 7) is 6.13. The van der Waals surface area contributed by atoms with Crippen LogP contribution in [0.4, 0.5) is 17.2 Å². The zero-order chi connectivity index (χ0) is 18.5. The molecule has 0 bridgehead atoms. The molecule has 0 unspecified atom stereocenters.